The Hall–Kier alpha value is -2.23. The van der Waals surface area contributed by atoms with E-state index in [4.69, 9.17) is 9.47 Å². The van der Waals surface area contributed by atoms with Crippen LogP contribution in [0, 0.1) is 0 Å². The van der Waals surface area contributed by atoms with Gasteiger partial charge in [0.25, 0.3) is 0 Å². The maximum Gasteiger partial charge on any atom is 0.195 e. The molecule has 0 radical (unpaired) electrons. The Morgan fingerprint density at radius 3 is 1.74 bits per heavy atom. The minimum atomic E-state index is -0.871. The van der Waals surface area contributed by atoms with E-state index in [9.17, 15) is 4.79 Å². The van der Waals surface area contributed by atoms with E-state index < -0.39 is 5.79 Å². The van der Waals surface area contributed by atoms with E-state index in [2.05, 4.69) is 24.3 Å². The van der Waals surface area contributed by atoms with E-state index in [0.29, 0.717) is 13.2 Å². The van der Waals surface area contributed by atoms with Gasteiger partial charge < -0.3 is 9.47 Å². The molecule has 0 unspecified atom stereocenters. The molecule has 1 saturated heterocycles. The Labute approximate surface area is 135 Å². The monoisotopic (exact) mass is 306 g/mol. The molecule has 0 bridgehead atoms. The van der Waals surface area contributed by atoms with E-state index in [-0.39, 0.29) is 17.6 Å². The molecule has 4 rings (SSSR count). The number of rotatable bonds is 2. The maximum atomic E-state index is 11.6. The molecule has 1 heterocycles. The van der Waals surface area contributed by atoms with Crippen LogP contribution in [0.2, 0.25) is 0 Å². The van der Waals surface area contributed by atoms with Gasteiger partial charge >= 0.3 is 0 Å². The fourth-order valence-corrected chi connectivity index (χ4v) is 3.37. The summed E-state index contributed by atoms with van der Waals surface area (Å²) in [5, 5.41) is 0. The first kappa shape index (κ1) is 14.4. The molecule has 1 aliphatic carbocycles. The molecule has 0 aromatic heterocycles. The van der Waals surface area contributed by atoms with Crippen LogP contribution < -0.4 is 0 Å². The summed E-state index contributed by atoms with van der Waals surface area (Å²) < 4.78 is 12.2. The molecule has 2 aromatic rings. The molecule has 3 nitrogen and oxygen atoms in total. The first-order valence-corrected chi connectivity index (χ1v) is 7.84. The lowest BCUT2D eigenvalue weighted by Gasteiger charge is -2.44. The van der Waals surface area contributed by atoms with Crippen molar-refractivity contribution in [2.75, 3.05) is 13.2 Å². The van der Waals surface area contributed by atoms with Gasteiger partial charge in [-0.1, -0.05) is 60.7 Å². The van der Waals surface area contributed by atoms with Gasteiger partial charge in [-0.05, 0) is 23.3 Å². The third-order valence-corrected chi connectivity index (χ3v) is 4.72. The summed E-state index contributed by atoms with van der Waals surface area (Å²) in [7, 11) is 0. The maximum absolute atomic E-state index is 11.6. The SMILES string of the molecule is O=C1C=CC2(C1)OCC(c1ccccc1)(c1ccccc1)CO2. The van der Waals surface area contributed by atoms with Crippen molar-refractivity contribution in [2.45, 2.75) is 17.6 Å². The second-order valence-electron chi connectivity index (χ2n) is 6.18. The first-order valence-electron chi connectivity index (χ1n) is 7.84. The third kappa shape index (κ3) is 2.42. The summed E-state index contributed by atoms with van der Waals surface area (Å²) >= 11 is 0. The van der Waals surface area contributed by atoms with Crippen molar-refractivity contribution < 1.29 is 14.3 Å². The summed E-state index contributed by atoms with van der Waals surface area (Å²) in [6.45, 7) is 0.970. The van der Waals surface area contributed by atoms with Gasteiger partial charge in [-0.15, -0.1) is 0 Å². The molecule has 1 fully saturated rings. The highest BCUT2D eigenvalue weighted by Gasteiger charge is 2.47. The summed E-state index contributed by atoms with van der Waals surface area (Å²) in [6, 6.07) is 20.6. The fraction of sp³-hybridized carbons (Fsp3) is 0.250. The normalized spacial score (nSPS) is 21.7. The average molecular weight is 306 g/mol. The second-order valence-corrected chi connectivity index (χ2v) is 6.18. The predicted octanol–water partition coefficient (Wildman–Crippen LogP) is 3.24. The van der Waals surface area contributed by atoms with Crippen LogP contribution in [0.25, 0.3) is 0 Å². The van der Waals surface area contributed by atoms with Crippen molar-refractivity contribution in [2.24, 2.45) is 0 Å². The van der Waals surface area contributed by atoms with Gasteiger partial charge in [-0.25, -0.2) is 0 Å². The van der Waals surface area contributed by atoms with Gasteiger partial charge in [0.1, 0.15) is 0 Å². The Morgan fingerprint density at radius 1 is 0.783 bits per heavy atom. The van der Waals surface area contributed by atoms with Crippen LogP contribution in [-0.2, 0) is 19.7 Å². The molecule has 2 aliphatic rings. The number of hydrogen-bond donors (Lipinski definition) is 0. The van der Waals surface area contributed by atoms with Gasteiger partial charge in [-0.2, -0.15) is 0 Å². The summed E-state index contributed by atoms with van der Waals surface area (Å²) in [5.74, 6) is -0.818. The third-order valence-electron chi connectivity index (χ3n) is 4.72. The van der Waals surface area contributed by atoms with Crippen LogP contribution >= 0.6 is 0 Å². The van der Waals surface area contributed by atoms with Crippen LogP contribution in [0.5, 0.6) is 0 Å². The molecule has 2 aromatic carbocycles. The molecule has 0 amide bonds. The molecule has 116 valence electrons. The Balaban J connectivity index is 1.72. The molecular formula is C20H18O3. The number of carbonyl (C=O) groups excluding carboxylic acids is 1. The van der Waals surface area contributed by atoms with Gasteiger partial charge in [0, 0.05) is 0 Å². The lowest BCUT2D eigenvalue weighted by Crippen LogP contribution is -2.51. The van der Waals surface area contributed by atoms with Crippen LogP contribution in [-0.4, -0.2) is 24.8 Å². The number of hydrogen-bond acceptors (Lipinski definition) is 3. The number of allylic oxidation sites excluding steroid dienone is 1. The smallest absolute Gasteiger partial charge is 0.195 e. The summed E-state index contributed by atoms with van der Waals surface area (Å²) in [4.78, 5) is 11.6. The Kier molecular flexibility index (Phi) is 3.40. The zero-order chi connectivity index (χ0) is 15.8. The Morgan fingerprint density at radius 2 is 1.30 bits per heavy atom. The first-order chi connectivity index (χ1) is 11.2. The molecule has 0 N–H and O–H groups in total. The van der Waals surface area contributed by atoms with E-state index in [0.717, 1.165) is 11.1 Å². The number of benzene rings is 2. The predicted molar refractivity (Wildman–Crippen MR) is 87.1 cm³/mol. The van der Waals surface area contributed by atoms with Crippen molar-refractivity contribution in [3.8, 4) is 0 Å². The molecule has 1 spiro atoms. The van der Waals surface area contributed by atoms with Crippen molar-refractivity contribution in [3.63, 3.8) is 0 Å². The van der Waals surface area contributed by atoms with Gasteiger partial charge in [0.15, 0.2) is 11.6 Å². The minimum Gasteiger partial charge on any atom is -0.345 e. The van der Waals surface area contributed by atoms with Crippen LogP contribution in [0.1, 0.15) is 17.5 Å². The standard InChI is InChI=1S/C20H18O3/c21-18-11-12-20(13-18)22-14-19(15-23-20,16-7-3-1-4-8-16)17-9-5-2-6-10-17/h1-12H,13-15H2. The van der Waals surface area contributed by atoms with Gasteiger partial charge in [0.05, 0.1) is 25.0 Å². The highest BCUT2D eigenvalue weighted by Crippen LogP contribution is 2.41. The summed E-state index contributed by atoms with van der Waals surface area (Å²) in [5.41, 5.74) is 1.97. The molecule has 1 aliphatic heterocycles. The van der Waals surface area contributed by atoms with E-state index >= 15 is 0 Å². The number of ketones is 1. The highest BCUT2D eigenvalue weighted by atomic mass is 16.7. The molecule has 3 heteroatoms. The molecular weight excluding hydrogens is 288 g/mol. The topological polar surface area (TPSA) is 35.5 Å². The highest BCUT2D eigenvalue weighted by molar-refractivity contribution is 5.93. The van der Waals surface area contributed by atoms with E-state index in [1.165, 1.54) is 0 Å². The number of ether oxygens (including phenoxy) is 2. The van der Waals surface area contributed by atoms with Gasteiger partial charge in [0.2, 0.25) is 0 Å². The zero-order valence-corrected chi connectivity index (χ0v) is 12.8. The Bertz CT molecular complexity index is 684. The van der Waals surface area contributed by atoms with Crippen LogP contribution in [0.15, 0.2) is 72.8 Å². The van der Waals surface area contributed by atoms with Gasteiger partial charge in [-0.3, -0.25) is 4.79 Å². The van der Waals surface area contributed by atoms with Crippen LogP contribution in [0.4, 0.5) is 0 Å². The van der Waals surface area contributed by atoms with Crippen molar-refractivity contribution in [1.29, 1.82) is 0 Å². The van der Waals surface area contributed by atoms with Crippen molar-refractivity contribution in [3.05, 3.63) is 83.9 Å². The average Bonchev–Trinajstić information content (AvgIpc) is 2.98. The zero-order valence-electron chi connectivity index (χ0n) is 12.8. The second kappa shape index (κ2) is 5.44. The quantitative estimate of drug-likeness (QED) is 0.854. The van der Waals surface area contributed by atoms with E-state index in [1.54, 1.807) is 12.2 Å². The molecule has 23 heavy (non-hydrogen) atoms. The van der Waals surface area contributed by atoms with Crippen molar-refractivity contribution in [1.82, 2.24) is 0 Å². The molecule has 0 saturated carbocycles. The van der Waals surface area contributed by atoms with Crippen LogP contribution in [0.3, 0.4) is 0 Å². The fourth-order valence-electron chi connectivity index (χ4n) is 3.37. The van der Waals surface area contributed by atoms with Crippen molar-refractivity contribution >= 4 is 5.78 Å². The van der Waals surface area contributed by atoms with E-state index in [1.807, 2.05) is 36.4 Å². The largest absolute Gasteiger partial charge is 0.345 e. The molecule has 0 atom stereocenters. The lowest BCUT2D eigenvalue weighted by molar-refractivity contribution is -0.252. The lowest BCUT2D eigenvalue weighted by atomic mass is 9.75. The number of carbonyl (C=O) groups is 1. The minimum absolute atomic E-state index is 0.0527. The summed E-state index contributed by atoms with van der Waals surface area (Å²) in [6.07, 6.45) is 3.57.